The molecule has 4 nitrogen and oxygen atoms in total. The maximum atomic E-state index is 11.7. The molecule has 0 aliphatic rings. The first-order valence-corrected chi connectivity index (χ1v) is 5.77. The van der Waals surface area contributed by atoms with Crippen LogP contribution in [-0.4, -0.2) is 16.7 Å². The number of amides is 1. The third-order valence-electron chi connectivity index (χ3n) is 2.14. The molecule has 0 bridgehead atoms. The molecule has 0 atom stereocenters. The van der Waals surface area contributed by atoms with E-state index >= 15 is 0 Å². The Morgan fingerprint density at radius 1 is 1.47 bits per heavy atom. The zero-order chi connectivity index (χ0) is 13.1. The summed E-state index contributed by atoms with van der Waals surface area (Å²) in [6, 6.07) is 1.85. The van der Waals surface area contributed by atoms with Crippen molar-refractivity contribution in [2.45, 2.75) is 46.6 Å². The van der Waals surface area contributed by atoms with Gasteiger partial charge in [0, 0.05) is 11.9 Å². The van der Waals surface area contributed by atoms with E-state index in [-0.39, 0.29) is 0 Å². The van der Waals surface area contributed by atoms with Gasteiger partial charge >= 0.3 is 6.09 Å². The van der Waals surface area contributed by atoms with Crippen LogP contribution in [0.2, 0.25) is 0 Å². The molecule has 1 N–H and O–H groups in total. The highest BCUT2D eigenvalue weighted by atomic mass is 16.6. The van der Waals surface area contributed by atoms with Crippen LogP contribution in [0.1, 0.15) is 39.0 Å². The maximum Gasteiger partial charge on any atom is 0.412 e. The third kappa shape index (κ3) is 4.43. The lowest BCUT2D eigenvalue weighted by atomic mass is 10.1. The number of pyridine rings is 1. The van der Waals surface area contributed by atoms with Gasteiger partial charge in [-0.25, -0.2) is 4.79 Å². The number of ether oxygens (including phenoxy) is 1. The first kappa shape index (κ1) is 13.5. The largest absolute Gasteiger partial charge is 0.444 e. The Balaban J connectivity index is 2.80. The molecule has 1 aromatic rings. The fourth-order valence-corrected chi connectivity index (χ4v) is 1.40. The number of anilines is 1. The van der Waals surface area contributed by atoms with E-state index < -0.39 is 11.7 Å². The van der Waals surface area contributed by atoms with Gasteiger partial charge < -0.3 is 4.74 Å². The molecule has 0 radical (unpaired) electrons. The summed E-state index contributed by atoms with van der Waals surface area (Å²) in [6.07, 6.45) is 2.17. The molecule has 1 heterocycles. The van der Waals surface area contributed by atoms with Crippen LogP contribution in [0.25, 0.3) is 0 Å². The Morgan fingerprint density at radius 2 is 2.12 bits per heavy atom. The summed E-state index contributed by atoms with van der Waals surface area (Å²) in [6.45, 7) is 9.42. The van der Waals surface area contributed by atoms with E-state index in [4.69, 9.17) is 4.74 Å². The summed E-state index contributed by atoms with van der Waals surface area (Å²) in [4.78, 5) is 15.9. The van der Waals surface area contributed by atoms with Crippen molar-refractivity contribution in [3.05, 3.63) is 23.5 Å². The number of hydrogen-bond acceptors (Lipinski definition) is 3. The van der Waals surface area contributed by atoms with Gasteiger partial charge in [-0.1, -0.05) is 6.92 Å². The van der Waals surface area contributed by atoms with E-state index in [1.54, 1.807) is 6.20 Å². The molecule has 0 aliphatic heterocycles. The van der Waals surface area contributed by atoms with Crippen molar-refractivity contribution in [1.82, 2.24) is 4.98 Å². The zero-order valence-electron chi connectivity index (χ0n) is 11.1. The van der Waals surface area contributed by atoms with Crippen molar-refractivity contribution in [3.8, 4) is 0 Å². The van der Waals surface area contributed by atoms with Gasteiger partial charge in [0.2, 0.25) is 0 Å². The van der Waals surface area contributed by atoms with E-state index in [1.165, 1.54) is 0 Å². The highest BCUT2D eigenvalue weighted by Gasteiger charge is 2.17. The van der Waals surface area contributed by atoms with Crippen molar-refractivity contribution in [2.24, 2.45) is 0 Å². The van der Waals surface area contributed by atoms with Crippen LogP contribution in [0.5, 0.6) is 0 Å². The van der Waals surface area contributed by atoms with Crippen LogP contribution >= 0.6 is 0 Å². The van der Waals surface area contributed by atoms with E-state index in [0.29, 0.717) is 0 Å². The van der Waals surface area contributed by atoms with Crippen LogP contribution in [0, 0.1) is 6.92 Å². The maximum absolute atomic E-state index is 11.7. The SMILES string of the molecule is CCc1cnc(C)cc1NC(=O)OC(C)(C)C. The van der Waals surface area contributed by atoms with Crippen LogP contribution in [0.3, 0.4) is 0 Å². The zero-order valence-corrected chi connectivity index (χ0v) is 11.1. The fourth-order valence-electron chi connectivity index (χ4n) is 1.40. The average Bonchev–Trinajstić information content (AvgIpc) is 2.14. The molecule has 0 aliphatic carbocycles. The van der Waals surface area contributed by atoms with Crippen LogP contribution < -0.4 is 5.32 Å². The van der Waals surface area contributed by atoms with Crippen LogP contribution in [0.4, 0.5) is 10.5 Å². The molecule has 0 saturated carbocycles. The van der Waals surface area contributed by atoms with E-state index in [2.05, 4.69) is 10.3 Å². The monoisotopic (exact) mass is 236 g/mol. The lowest BCUT2D eigenvalue weighted by molar-refractivity contribution is 0.0636. The number of aryl methyl sites for hydroxylation is 2. The van der Waals surface area contributed by atoms with Crippen molar-refractivity contribution >= 4 is 11.8 Å². The van der Waals surface area contributed by atoms with E-state index in [0.717, 1.165) is 23.4 Å². The Bertz CT molecular complexity index is 408. The summed E-state index contributed by atoms with van der Waals surface area (Å²) in [5, 5.41) is 2.76. The number of aromatic nitrogens is 1. The molecular formula is C13H20N2O2. The number of nitrogens with zero attached hydrogens (tertiary/aromatic N) is 1. The molecular weight excluding hydrogens is 216 g/mol. The summed E-state index contributed by atoms with van der Waals surface area (Å²) < 4.78 is 5.21. The predicted octanol–water partition coefficient (Wildman–Crippen LogP) is 3.30. The lowest BCUT2D eigenvalue weighted by Crippen LogP contribution is -2.27. The minimum atomic E-state index is -0.488. The summed E-state index contributed by atoms with van der Waals surface area (Å²) in [5.41, 5.74) is 2.15. The van der Waals surface area contributed by atoms with Gasteiger partial charge in [0.05, 0.1) is 5.69 Å². The molecule has 0 aromatic carbocycles. The molecule has 17 heavy (non-hydrogen) atoms. The second kappa shape index (κ2) is 5.17. The van der Waals surface area contributed by atoms with Gasteiger partial charge in [-0.15, -0.1) is 0 Å². The summed E-state index contributed by atoms with van der Waals surface area (Å²) in [5.74, 6) is 0. The standard InChI is InChI=1S/C13H20N2O2/c1-6-10-8-14-9(2)7-11(10)15-12(16)17-13(3,4)5/h7-8H,6H2,1-5H3,(H,14,15,16). The normalized spacial score (nSPS) is 11.1. The quantitative estimate of drug-likeness (QED) is 0.857. The van der Waals surface area contributed by atoms with Crippen molar-refractivity contribution in [3.63, 3.8) is 0 Å². The fraction of sp³-hybridized carbons (Fsp3) is 0.538. The van der Waals surface area contributed by atoms with Gasteiger partial charge in [-0.2, -0.15) is 0 Å². The minimum absolute atomic E-state index is 0.433. The Morgan fingerprint density at radius 3 is 2.65 bits per heavy atom. The number of carbonyl (C=O) groups is 1. The van der Waals surface area contributed by atoms with Crippen LogP contribution in [-0.2, 0) is 11.2 Å². The van der Waals surface area contributed by atoms with Gasteiger partial charge in [0.15, 0.2) is 0 Å². The highest BCUT2D eigenvalue weighted by molar-refractivity contribution is 5.85. The smallest absolute Gasteiger partial charge is 0.412 e. The molecule has 1 rings (SSSR count). The van der Waals surface area contributed by atoms with Crippen molar-refractivity contribution < 1.29 is 9.53 Å². The average molecular weight is 236 g/mol. The first-order chi connectivity index (χ1) is 7.81. The molecule has 1 amide bonds. The Labute approximate surface area is 102 Å². The van der Waals surface area contributed by atoms with E-state index in [9.17, 15) is 4.79 Å². The lowest BCUT2D eigenvalue weighted by Gasteiger charge is -2.20. The summed E-state index contributed by atoms with van der Waals surface area (Å²) >= 11 is 0. The highest BCUT2D eigenvalue weighted by Crippen LogP contribution is 2.17. The molecule has 0 unspecified atom stereocenters. The summed E-state index contributed by atoms with van der Waals surface area (Å²) in [7, 11) is 0. The van der Waals surface area contributed by atoms with Gasteiger partial charge in [-0.05, 0) is 45.7 Å². The number of rotatable bonds is 2. The number of carbonyl (C=O) groups excluding carboxylic acids is 1. The van der Waals surface area contributed by atoms with E-state index in [1.807, 2.05) is 40.7 Å². The second-order valence-electron chi connectivity index (χ2n) is 4.96. The Hall–Kier alpha value is -1.58. The molecule has 0 saturated heterocycles. The minimum Gasteiger partial charge on any atom is -0.444 e. The molecule has 0 spiro atoms. The number of nitrogens with one attached hydrogen (secondary N) is 1. The first-order valence-electron chi connectivity index (χ1n) is 5.77. The van der Waals surface area contributed by atoms with Crippen molar-refractivity contribution in [2.75, 3.05) is 5.32 Å². The topological polar surface area (TPSA) is 51.2 Å². The predicted molar refractivity (Wildman–Crippen MR) is 68.2 cm³/mol. The van der Waals surface area contributed by atoms with Crippen LogP contribution in [0.15, 0.2) is 12.3 Å². The second-order valence-corrected chi connectivity index (χ2v) is 4.96. The Kier molecular flexibility index (Phi) is 4.10. The third-order valence-corrected chi connectivity index (χ3v) is 2.14. The van der Waals surface area contributed by atoms with Gasteiger partial charge in [0.25, 0.3) is 0 Å². The number of hydrogen-bond donors (Lipinski definition) is 1. The molecule has 4 heteroatoms. The molecule has 1 aromatic heterocycles. The van der Waals surface area contributed by atoms with Gasteiger partial charge in [-0.3, -0.25) is 10.3 Å². The molecule has 0 fully saturated rings. The van der Waals surface area contributed by atoms with Crippen molar-refractivity contribution in [1.29, 1.82) is 0 Å². The van der Waals surface area contributed by atoms with Gasteiger partial charge in [0.1, 0.15) is 5.60 Å². The molecule has 94 valence electrons.